The van der Waals surface area contributed by atoms with E-state index in [-0.39, 0.29) is 22.6 Å². The molecule has 1 aromatic rings. The third-order valence-corrected chi connectivity index (χ3v) is 2.01. The lowest BCUT2D eigenvalue weighted by Crippen LogP contribution is -2.05. The van der Waals surface area contributed by atoms with Gasteiger partial charge in [0.05, 0.1) is 11.3 Å². The van der Waals surface area contributed by atoms with Gasteiger partial charge in [-0.2, -0.15) is 5.26 Å². The van der Waals surface area contributed by atoms with E-state index < -0.39 is 12.0 Å². The van der Waals surface area contributed by atoms with Gasteiger partial charge in [-0.05, 0) is 13.0 Å². The normalized spacial score (nSPS) is 10.1. The summed E-state index contributed by atoms with van der Waals surface area (Å²) in [6.07, 6.45) is -2.75. The van der Waals surface area contributed by atoms with Gasteiger partial charge in [0.2, 0.25) is 0 Å². The van der Waals surface area contributed by atoms with E-state index in [9.17, 15) is 13.6 Å². The number of carbonyl (C=O) groups excluding carboxylic acids is 1. The molecule has 0 unspecified atom stereocenters. The van der Waals surface area contributed by atoms with Crippen molar-refractivity contribution in [3.8, 4) is 6.07 Å². The van der Waals surface area contributed by atoms with E-state index in [0.717, 1.165) is 6.07 Å². The van der Waals surface area contributed by atoms with Crippen LogP contribution in [0.25, 0.3) is 0 Å². The first-order valence-electron chi connectivity index (χ1n) is 4.10. The van der Waals surface area contributed by atoms with Crippen LogP contribution < -0.4 is 5.73 Å². The van der Waals surface area contributed by atoms with Crippen LogP contribution in [0.1, 0.15) is 34.8 Å². The molecule has 1 rings (SSSR count). The molecule has 0 fully saturated rings. The molecule has 0 aliphatic rings. The highest BCUT2D eigenvalue weighted by Gasteiger charge is 2.18. The van der Waals surface area contributed by atoms with Crippen molar-refractivity contribution in [3.63, 3.8) is 0 Å². The fourth-order valence-corrected chi connectivity index (χ4v) is 1.24. The summed E-state index contributed by atoms with van der Waals surface area (Å²) in [5.41, 5.74) is 4.53. The van der Waals surface area contributed by atoms with Gasteiger partial charge in [-0.3, -0.25) is 4.79 Å². The van der Waals surface area contributed by atoms with E-state index in [1.807, 2.05) is 0 Å². The lowest BCUT2D eigenvalue weighted by molar-refractivity contribution is 0.101. The zero-order valence-electron chi connectivity index (χ0n) is 7.92. The molecule has 0 heterocycles. The maximum atomic E-state index is 12.4. The number of nitriles is 1. The van der Waals surface area contributed by atoms with E-state index >= 15 is 0 Å². The summed E-state index contributed by atoms with van der Waals surface area (Å²) in [5, 5.41) is 8.73. The number of nitrogen functional groups attached to an aromatic ring is 1. The smallest absolute Gasteiger partial charge is 0.265 e. The largest absolute Gasteiger partial charge is 0.397 e. The minimum absolute atomic E-state index is 0.0689. The number of nitrogens with zero attached hydrogens (tertiary/aromatic N) is 1. The van der Waals surface area contributed by atoms with Gasteiger partial charge in [-0.1, -0.05) is 6.07 Å². The number of anilines is 1. The second-order valence-corrected chi connectivity index (χ2v) is 2.96. The number of nitrogens with two attached hydrogens (primary N) is 1. The van der Waals surface area contributed by atoms with Crippen LogP contribution in [-0.2, 0) is 0 Å². The molecule has 3 nitrogen and oxygen atoms in total. The molecule has 0 aliphatic carbocycles. The number of benzene rings is 1. The van der Waals surface area contributed by atoms with Crippen molar-refractivity contribution in [2.75, 3.05) is 5.73 Å². The fourth-order valence-electron chi connectivity index (χ4n) is 1.24. The summed E-state index contributed by atoms with van der Waals surface area (Å²) in [6, 6.07) is 3.92. The Kier molecular flexibility index (Phi) is 3.00. The van der Waals surface area contributed by atoms with Crippen molar-refractivity contribution in [1.82, 2.24) is 0 Å². The summed E-state index contributed by atoms with van der Waals surface area (Å²) in [6.45, 7) is 1.25. The minimum Gasteiger partial charge on any atom is -0.397 e. The second kappa shape index (κ2) is 4.05. The Bertz CT molecular complexity index is 449. The van der Waals surface area contributed by atoms with Crippen LogP contribution in [0, 0.1) is 11.3 Å². The van der Waals surface area contributed by atoms with Crippen LogP contribution in [-0.4, -0.2) is 5.78 Å². The SMILES string of the molecule is CC(=O)c1ccc(C(F)F)c(N)c1C#N. The van der Waals surface area contributed by atoms with Gasteiger partial charge in [0.1, 0.15) is 6.07 Å². The topological polar surface area (TPSA) is 66.9 Å². The maximum absolute atomic E-state index is 12.4. The van der Waals surface area contributed by atoms with Crippen LogP contribution in [0.15, 0.2) is 12.1 Å². The van der Waals surface area contributed by atoms with Crippen molar-refractivity contribution >= 4 is 11.5 Å². The number of alkyl halides is 2. The highest BCUT2D eigenvalue weighted by molar-refractivity contribution is 5.98. The Balaban J connectivity index is 3.48. The Morgan fingerprint density at radius 1 is 1.53 bits per heavy atom. The first-order chi connectivity index (χ1) is 6.99. The van der Waals surface area contributed by atoms with Gasteiger partial charge in [-0.25, -0.2) is 8.78 Å². The van der Waals surface area contributed by atoms with Gasteiger partial charge in [0.25, 0.3) is 6.43 Å². The van der Waals surface area contributed by atoms with Crippen molar-refractivity contribution < 1.29 is 13.6 Å². The van der Waals surface area contributed by atoms with E-state index in [0.29, 0.717) is 0 Å². The number of hydrogen-bond donors (Lipinski definition) is 1. The third kappa shape index (κ3) is 1.94. The molecule has 0 saturated heterocycles. The van der Waals surface area contributed by atoms with Crippen LogP contribution in [0.5, 0.6) is 0 Å². The lowest BCUT2D eigenvalue weighted by Gasteiger charge is -2.08. The third-order valence-electron chi connectivity index (χ3n) is 2.01. The Morgan fingerprint density at radius 3 is 2.53 bits per heavy atom. The number of rotatable bonds is 2. The number of carbonyl (C=O) groups is 1. The van der Waals surface area contributed by atoms with Gasteiger partial charge >= 0.3 is 0 Å². The molecule has 0 atom stereocenters. The average molecular weight is 210 g/mol. The van der Waals surface area contributed by atoms with E-state index in [4.69, 9.17) is 11.0 Å². The Morgan fingerprint density at radius 2 is 2.13 bits per heavy atom. The zero-order valence-corrected chi connectivity index (χ0v) is 7.92. The summed E-state index contributed by atoms with van der Waals surface area (Å²) < 4.78 is 24.8. The number of Topliss-reactive ketones (excluding diaryl/α,β-unsaturated/α-hetero) is 1. The molecule has 0 saturated carbocycles. The number of ketones is 1. The molecule has 78 valence electrons. The maximum Gasteiger partial charge on any atom is 0.265 e. The van der Waals surface area contributed by atoms with Crippen molar-refractivity contribution in [2.24, 2.45) is 0 Å². The van der Waals surface area contributed by atoms with Crippen molar-refractivity contribution in [3.05, 3.63) is 28.8 Å². The van der Waals surface area contributed by atoms with Gasteiger partial charge in [0.15, 0.2) is 5.78 Å². The monoisotopic (exact) mass is 210 g/mol. The molecule has 2 N–H and O–H groups in total. The molecule has 0 bridgehead atoms. The highest BCUT2D eigenvalue weighted by atomic mass is 19.3. The molecule has 5 heteroatoms. The zero-order chi connectivity index (χ0) is 11.6. The predicted molar refractivity (Wildman–Crippen MR) is 50.5 cm³/mol. The fraction of sp³-hybridized carbons (Fsp3) is 0.200. The van der Waals surface area contributed by atoms with E-state index in [1.54, 1.807) is 6.07 Å². The number of hydrogen-bond acceptors (Lipinski definition) is 3. The van der Waals surface area contributed by atoms with Gasteiger partial charge in [-0.15, -0.1) is 0 Å². The molecule has 0 radical (unpaired) electrons. The van der Waals surface area contributed by atoms with Crippen LogP contribution in [0.3, 0.4) is 0 Å². The summed E-state index contributed by atoms with van der Waals surface area (Å²) in [5.74, 6) is -0.376. The van der Waals surface area contributed by atoms with Crippen molar-refractivity contribution in [1.29, 1.82) is 5.26 Å². The minimum atomic E-state index is -2.75. The summed E-state index contributed by atoms with van der Waals surface area (Å²) in [7, 11) is 0. The molecule has 0 aromatic heterocycles. The summed E-state index contributed by atoms with van der Waals surface area (Å²) in [4.78, 5) is 11.1. The van der Waals surface area contributed by atoms with E-state index in [1.165, 1.54) is 13.0 Å². The average Bonchev–Trinajstić information content (AvgIpc) is 2.16. The van der Waals surface area contributed by atoms with Crippen LogP contribution in [0.4, 0.5) is 14.5 Å². The molecule has 0 aliphatic heterocycles. The first kappa shape index (κ1) is 11.1. The van der Waals surface area contributed by atoms with Crippen LogP contribution in [0.2, 0.25) is 0 Å². The Labute approximate surface area is 85.1 Å². The molecular weight excluding hydrogens is 202 g/mol. The second-order valence-electron chi connectivity index (χ2n) is 2.96. The van der Waals surface area contributed by atoms with Gasteiger partial charge < -0.3 is 5.73 Å². The van der Waals surface area contributed by atoms with Gasteiger partial charge in [0, 0.05) is 11.1 Å². The molecule has 15 heavy (non-hydrogen) atoms. The van der Waals surface area contributed by atoms with E-state index in [2.05, 4.69) is 0 Å². The standard InChI is InChI=1S/C10H8F2N2O/c1-5(15)6-2-3-7(10(11)12)9(14)8(6)4-13/h2-3,10H,14H2,1H3. The lowest BCUT2D eigenvalue weighted by atomic mass is 9.99. The predicted octanol–water partition coefficient (Wildman–Crippen LogP) is 2.28. The van der Waals surface area contributed by atoms with Crippen molar-refractivity contribution in [2.45, 2.75) is 13.3 Å². The molecule has 0 amide bonds. The number of halogens is 2. The summed E-state index contributed by atoms with van der Waals surface area (Å²) >= 11 is 0. The first-order valence-corrected chi connectivity index (χ1v) is 4.10. The quantitative estimate of drug-likeness (QED) is 0.601. The molecular formula is C10H8F2N2O. The highest BCUT2D eigenvalue weighted by Crippen LogP contribution is 2.29. The molecule has 1 aromatic carbocycles. The van der Waals surface area contributed by atoms with Crippen LogP contribution >= 0.6 is 0 Å². The molecule has 0 spiro atoms. The Hall–Kier alpha value is -1.96.